The first kappa shape index (κ1) is 12.1. The number of azo groups is 1. The van der Waals surface area contributed by atoms with Gasteiger partial charge >= 0.3 is 6.09 Å². The Morgan fingerprint density at radius 1 is 1.08 bits per heavy atom. The van der Waals surface area contributed by atoms with Crippen molar-refractivity contribution < 1.29 is 9.53 Å². The zero-order valence-electron chi connectivity index (χ0n) is 9.21. The van der Waals surface area contributed by atoms with Crippen LogP contribution in [-0.4, -0.2) is 17.2 Å². The van der Waals surface area contributed by atoms with Gasteiger partial charge in [-0.05, 0) is 41.5 Å². The molecule has 13 heavy (non-hydrogen) atoms. The van der Waals surface area contributed by atoms with E-state index in [0.29, 0.717) is 0 Å². The van der Waals surface area contributed by atoms with Crippen LogP contribution < -0.4 is 0 Å². The maximum atomic E-state index is 11.0. The SMILES string of the molecule is CC(C)(C)/N=N\C(=O)OC(C)(C)C. The molecule has 0 aliphatic carbocycles. The van der Waals surface area contributed by atoms with Crippen LogP contribution in [0.1, 0.15) is 41.5 Å². The highest BCUT2D eigenvalue weighted by Gasteiger charge is 2.16. The van der Waals surface area contributed by atoms with E-state index in [0.717, 1.165) is 0 Å². The van der Waals surface area contributed by atoms with Gasteiger partial charge in [0, 0.05) is 0 Å². The molecule has 0 radical (unpaired) electrons. The molecule has 0 aromatic carbocycles. The van der Waals surface area contributed by atoms with E-state index < -0.39 is 11.7 Å². The molecule has 76 valence electrons. The lowest BCUT2D eigenvalue weighted by atomic mass is 10.1. The van der Waals surface area contributed by atoms with Crippen LogP contribution in [0.15, 0.2) is 10.2 Å². The van der Waals surface area contributed by atoms with Gasteiger partial charge in [0.1, 0.15) is 5.60 Å². The van der Waals surface area contributed by atoms with Gasteiger partial charge in [0.25, 0.3) is 0 Å². The fourth-order valence-electron chi connectivity index (χ4n) is 0.473. The number of nitrogens with zero attached hydrogens (tertiary/aromatic N) is 2. The predicted molar refractivity (Wildman–Crippen MR) is 50.8 cm³/mol. The average Bonchev–Trinajstić information content (AvgIpc) is 1.78. The van der Waals surface area contributed by atoms with Gasteiger partial charge in [-0.25, -0.2) is 4.79 Å². The Bertz CT molecular complexity index is 209. The highest BCUT2D eigenvalue weighted by molar-refractivity contribution is 5.67. The number of carbonyl (C=O) groups is 1. The molecular formula is C9H18N2O2. The van der Waals surface area contributed by atoms with Gasteiger partial charge in [-0.15, -0.1) is 0 Å². The topological polar surface area (TPSA) is 51.0 Å². The molecule has 0 rings (SSSR count). The highest BCUT2D eigenvalue weighted by Crippen LogP contribution is 2.11. The minimum atomic E-state index is -0.637. The van der Waals surface area contributed by atoms with Gasteiger partial charge < -0.3 is 4.74 Å². The van der Waals surface area contributed by atoms with Crippen LogP contribution >= 0.6 is 0 Å². The molecule has 1 amide bonds. The van der Waals surface area contributed by atoms with E-state index in [2.05, 4.69) is 10.2 Å². The summed E-state index contributed by atoms with van der Waals surface area (Å²) in [5.41, 5.74) is -0.842. The van der Waals surface area contributed by atoms with E-state index in [4.69, 9.17) is 4.74 Å². The summed E-state index contributed by atoms with van der Waals surface area (Å²) < 4.78 is 4.93. The van der Waals surface area contributed by atoms with Crippen molar-refractivity contribution in [1.29, 1.82) is 0 Å². The molecule has 4 nitrogen and oxygen atoms in total. The Hall–Kier alpha value is -0.930. The van der Waals surface area contributed by atoms with Crippen molar-refractivity contribution in [3.63, 3.8) is 0 Å². The number of amides is 1. The lowest BCUT2D eigenvalue weighted by molar-refractivity contribution is 0.0585. The fourth-order valence-corrected chi connectivity index (χ4v) is 0.473. The van der Waals surface area contributed by atoms with E-state index in [1.54, 1.807) is 20.8 Å². The maximum absolute atomic E-state index is 11.0. The van der Waals surface area contributed by atoms with Gasteiger partial charge in [0.05, 0.1) is 5.54 Å². The Balaban J connectivity index is 4.11. The lowest BCUT2D eigenvalue weighted by Gasteiger charge is -2.17. The Labute approximate surface area is 79.4 Å². The second-order valence-electron chi connectivity index (χ2n) is 4.85. The molecule has 4 heteroatoms. The monoisotopic (exact) mass is 186 g/mol. The summed E-state index contributed by atoms with van der Waals surface area (Å²) >= 11 is 0. The molecule has 0 heterocycles. The normalized spacial score (nSPS) is 13.4. The summed E-state index contributed by atoms with van der Waals surface area (Å²) in [6, 6.07) is 0. The number of hydrogen-bond donors (Lipinski definition) is 0. The van der Waals surface area contributed by atoms with Crippen LogP contribution in [0.5, 0.6) is 0 Å². The minimum absolute atomic E-state index is 0.336. The van der Waals surface area contributed by atoms with Crippen LogP contribution in [0.25, 0.3) is 0 Å². The van der Waals surface area contributed by atoms with Crippen molar-refractivity contribution >= 4 is 6.09 Å². The van der Waals surface area contributed by atoms with E-state index >= 15 is 0 Å². The van der Waals surface area contributed by atoms with Crippen LogP contribution in [-0.2, 0) is 4.74 Å². The fraction of sp³-hybridized carbons (Fsp3) is 0.889. The van der Waals surface area contributed by atoms with Gasteiger partial charge in [-0.1, -0.05) is 5.11 Å². The smallest absolute Gasteiger partial charge is 0.441 e. The van der Waals surface area contributed by atoms with Gasteiger partial charge in [-0.2, -0.15) is 5.11 Å². The summed E-state index contributed by atoms with van der Waals surface area (Å²) in [5, 5.41) is 7.24. The standard InChI is InChI=1S/C9H18N2O2/c1-8(2,3)11-10-7(12)13-9(4,5)6/h1-6H3/b11-10-. The molecule has 0 atom stereocenters. The van der Waals surface area contributed by atoms with Crippen LogP contribution in [0, 0.1) is 0 Å². The van der Waals surface area contributed by atoms with E-state index in [1.165, 1.54) is 0 Å². The van der Waals surface area contributed by atoms with Gasteiger partial charge in [-0.3, -0.25) is 0 Å². The van der Waals surface area contributed by atoms with Crippen molar-refractivity contribution in [3.8, 4) is 0 Å². The quantitative estimate of drug-likeness (QED) is 0.545. The minimum Gasteiger partial charge on any atom is -0.441 e. The third-order valence-electron chi connectivity index (χ3n) is 0.825. The third kappa shape index (κ3) is 8.98. The lowest BCUT2D eigenvalue weighted by Crippen LogP contribution is -2.22. The molecule has 0 fully saturated rings. The zero-order chi connectivity index (χ0) is 10.7. The first-order valence-corrected chi connectivity index (χ1v) is 4.26. The molecular weight excluding hydrogens is 168 g/mol. The Kier molecular flexibility index (Phi) is 3.58. The molecule has 0 unspecified atom stereocenters. The summed E-state index contributed by atoms with van der Waals surface area (Å²) in [4.78, 5) is 11.0. The Morgan fingerprint density at radius 3 is 1.85 bits per heavy atom. The van der Waals surface area contributed by atoms with E-state index in [1.807, 2.05) is 20.8 Å². The van der Waals surface area contributed by atoms with Crippen molar-refractivity contribution in [1.82, 2.24) is 0 Å². The second-order valence-corrected chi connectivity index (χ2v) is 4.85. The molecule has 0 aromatic heterocycles. The van der Waals surface area contributed by atoms with Crippen LogP contribution in [0.4, 0.5) is 4.79 Å². The first-order valence-electron chi connectivity index (χ1n) is 4.26. The van der Waals surface area contributed by atoms with Crippen molar-refractivity contribution in [2.45, 2.75) is 52.7 Å². The summed E-state index contributed by atoms with van der Waals surface area (Å²) in [7, 11) is 0. The number of hydrogen-bond acceptors (Lipinski definition) is 3. The average molecular weight is 186 g/mol. The van der Waals surface area contributed by atoms with Crippen LogP contribution in [0.3, 0.4) is 0 Å². The molecule has 0 aliphatic heterocycles. The Morgan fingerprint density at radius 2 is 1.54 bits per heavy atom. The second kappa shape index (κ2) is 3.85. The third-order valence-corrected chi connectivity index (χ3v) is 0.825. The number of carbonyl (C=O) groups excluding carboxylic acids is 1. The summed E-state index contributed by atoms with van der Waals surface area (Å²) in [6.07, 6.45) is -0.637. The first-order chi connectivity index (χ1) is 5.60. The molecule has 0 bridgehead atoms. The molecule has 0 saturated carbocycles. The van der Waals surface area contributed by atoms with Crippen molar-refractivity contribution in [2.75, 3.05) is 0 Å². The zero-order valence-corrected chi connectivity index (χ0v) is 9.21. The number of rotatable bonds is 0. The largest absolute Gasteiger partial charge is 0.452 e. The van der Waals surface area contributed by atoms with Crippen molar-refractivity contribution in [2.24, 2.45) is 10.2 Å². The van der Waals surface area contributed by atoms with Crippen LogP contribution in [0.2, 0.25) is 0 Å². The van der Waals surface area contributed by atoms with Gasteiger partial charge in [0.15, 0.2) is 0 Å². The maximum Gasteiger partial charge on any atom is 0.452 e. The van der Waals surface area contributed by atoms with E-state index in [9.17, 15) is 4.79 Å². The predicted octanol–water partition coefficient (Wildman–Crippen LogP) is 3.17. The van der Waals surface area contributed by atoms with E-state index in [-0.39, 0.29) is 5.54 Å². The molecule has 0 N–H and O–H groups in total. The summed E-state index contributed by atoms with van der Waals surface area (Å²) in [6.45, 7) is 11.0. The highest BCUT2D eigenvalue weighted by atomic mass is 16.6. The van der Waals surface area contributed by atoms with Crippen molar-refractivity contribution in [3.05, 3.63) is 0 Å². The number of ether oxygens (including phenoxy) is 1. The molecule has 0 aliphatic rings. The summed E-state index contributed by atoms with van der Waals surface area (Å²) in [5.74, 6) is 0. The molecule has 0 spiro atoms. The molecule has 0 aromatic rings. The molecule has 0 saturated heterocycles. The van der Waals surface area contributed by atoms with Gasteiger partial charge in [0.2, 0.25) is 0 Å².